The van der Waals surface area contributed by atoms with Crippen molar-refractivity contribution in [1.29, 1.82) is 0 Å². The largest absolute Gasteiger partial charge is 0.358 e. The molecular formula is C11H18N4O. The number of likely N-dealkylation sites (tertiary alicyclic amines) is 1. The third kappa shape index (κ3) is 2.61. The highest BCUT2D eigenvalue weighted by molar-refractivity contribution is 5.77. The van der Waals surface area contributed by atoms with Gasteiger partial charge in [0.1, 0.15) is 0 Å². The Kier molecular flexibility index (Phi) is 3.56. The Bertz CT molecular complexity index is 328. The third-order valence-electron chi connectivity index (χ3n) is 3.10. The summed E-state index contributed by atoms with van der Waals surface area (Å²) in [5.74, 6) is 0.0949. The highest BCUT2D eigenvalue weighted by Crippen LogP contribution is 2.20. The Morgan fingerprint density at radius 2 is 2.25 bits per heavy atom. The molecule has 1 amide bonds. The van der Waals surface area contributed by atoms with Crippen LogP contribution in [0, 0.1) is 0 Å². The van der Waals surface area contributed by atoms with Crippen molar-refractivity contribution >= 4 is 5.91 Å². The van der Waals surface area contributed by atoms with Crippen LogP contribution in [0.4, 0.5) is 0 Å². The number of piperidine rings is 1. The third-order valence-corrected chi connectivity index (χ3v) is 3.10. The van der Waals surface area contributed by atoms with E-state index in [0.717, 1.165) is 25.9 Å². The molecule has 0 atom stereocenters. The van der Waals surface area contributed by atoms with E-state index < -0.39 is 0 Å². The van der Waals surface area contributed by atoms with Crippen molar-refractivity contribution in [3.63, 3.8) is 0 Å². The second-order valence-electron chi connectivity index (χ2n) is 4.17. The minimum Gasteiger partial charge on any atom is -0.358 e. The molecule has 0 bridgehead atoms. The summed E-state index contributed by atoms with van der Waals surface area (Å²) in [5.41, 5.74) is 0. The number of aromatic nitrogens is 2. The number of hydrogen-bond donors (Lipinski definition) is 1. The summed E-state index contributed by atoms with van der Waals surface area (Å²) in [6.45, 7) is 2.46. The minimum absolute atomic E-state index is 0.0949. The number of nitrogens with one attached hydrogen (secondary N) is 1. The summed E-state index contributed by atoms with van der Waals surface area (Å²) in [7, 11) is 1.68. The lowest BCUT2D eigenvalue weighted by Gasteiger charge is -2.31. The summed E-state index contributed by atoms with van der Waals surface area (Å²) in [6.07, 6.45) is 5.97. The van der Waals surface area contributed by atoms with Gasteiger partial charge in [0.2, 0.25) is 5.91 Å². The molecule has 0 unspecified atom stereocenters. The van der Waals surface area contributed by atoms with Crippen LogP contribution in [-0.4, -0.2) is 47.3 Å². The zero-order chi connectivity index (χ0) is 11.4. The molecule has 0 spiro atoms. The van der Waals surface area contributed by atoms with Gasteiger partial charge in [-0.15, -0.1) is 0 Å². The lowest BCUT2D eigenvalue weighted by molar-refractivity contribution is -0.122. The van der Waals surface area contributed by atoms with Crippen LogP contribution in [0.15, 0.2) is 18.5 Å². The van der Waals surface area contributed by atoms with Crippen molar-refractivity contribution < 1.29 is 4.79 Å². The smallest absolute Gasteiger partial charge is 0.233 e. The van der Waals surface area contributed by atoms with E-state index in [2.05, 4.69) is 15.3 Å². The molecule has 1 fully saturated rings. The van der Waals surface area contributed by atoms with E-state index in [1.165, 1.54) is 0 Å². The molecule has 16 heavy (non-hydrogen) atoms. The summed E-state index contributed by atoms with van der Waals surface area (Å²) >= 11 is 0. The van der Waals surface area contributed by atoms with Gasteiger partial charge in [-0.2, -0.15) is 5.10 Å². The fourth-order valence-corrected chi connectivity index (χ4v) is 2.12. The van der Waals surface area contributed by atoms with E-state index in [-0.39, 0.29) is 5.91 Å². The first-order valence-corrected chi connectivity index (χ1v) is 5.71. The standard InChI is InChI=1S/C11H18N4O/c1-12-11(16)9-14-7-3-10(4-8-14)15-6-2-5-13-15/h2,5-6,10H,3-4,7-9H2,1H3,(H,12,16). The van der Waals surface area contributed by atoms with Gasteiger partial charge in [-0.1, -0.05) is 0 Å². The number of carbonyl (C=O) groups excluding carboxylic acids is 1. The fraction of sp³-hybridized carbons (Fsp3) is 0.636. The van der Waals surface area contributed by atoms with Gasteiger partial charge in [0, 0.05) is 32.5 Å². The van der Waals surface area contributed by atoms with Crippen molar-refractivity contribution in [3.8, 4) is 0 Å². The average molecular weight is 222 g/mol. The van der Waals surface area contributed by atoms with Gasteiger partial charge >= 0.3 is 0 Å². The van der Waals surface area contributed by atoms with E-state index in [9.17, 15) is 4.79 Å². The SMILES string of the molecule is CNC(=O)CN1CCC(n2cccn2)CC1. The molecule has 88 valence electrons. The first-order chi connectivity index (χ1) is 7.79. The average Bonchev–Trinajstić information content (AvgIpc) is 2.83. The number of hydrogen-bond acceptors (Lipinski definition) is 3. The van der Waals surface area contributed by atoms with E-state index in [1.54, 1.807) is 7.05 Å². The zero-order valence-corrected chi connectivity index (χ0v) is 9.59. The van der Waals surface area contributed by atoms with Gasteiger partial charge in [0.05, 0.1) is 12.6 Å². The Morgan fingerprint density at radius 1 is 1.50 bits per heavy atom. The molecule has 0 saturated carbocycles. The quantitative estimate of drug-likeness (QED) is 0.798. The Morgan fingerprint density at radius 3 is 2.81 bits per heavy atom. The molecule has 1 aromatic heterocycles. The molecule has 1 aliphatic heterocycles. The van der Waals surface area contributed by atoms with Gasteiger partial charge in [0.15, 0.2) is 0 Å². The number of amides is 1. The Balaban J connectivity index is 1.81. The monoisotopic (exact) mass is 222 g/mol. The van der Waals surface area contributed by atoms with Gasteiger partial charge in [-0.3, -0.25) is 14.4 Å². The molecule has 5 heteroatoms. The molecule has 1 N–H and O–H groups in total. The van der Waals surface area contributed by atoms with E-state index in [0.29, 0.717) is 12.6 Å². The molecule has 0 aliphatic carbocycles. The fourth-order valence-electron chi connectivity index (χ4n) is 2.12. The first kappa shape index (κ1) is 11.1. The molecule has 1 aliphatic rings. The van der Waals surface area contributed by atoms with Crippen LogP contribution in [-0.2, 0) is 4.79 Å². The van der Waals surface area contributed by atoms with Crippen LogP contribution in [0.5, 0.6) is 0 Å². The first-order valence-electron chi connectivity index (χ1n) is 5.71. The van der Waals surface area contributed by atoms with Gasteiger partial charge in [0.25, 0.3) is 0 Å². The van der Waals surface area contributed by atoms with Crippen molar-refractivity contribution in [2.45, 2.75) is 18.9 Å². The van der Waals surface area contributed by atoms with Crippen molar-refractivity contribution in [2.24, 2.45) is 0 Å². The molecule has 0 aromatic carbocycles. The van der Waals surface area contributed by atoms with Gasteiger partial charge in [-0.05, 0) is 18.9 Å². The molecular weight excluding hydrogens is 204 g/mol. The summed E-state index contributed by atoms with van der Waals surface area (Å²) in [6, 6.07) is 2.45. The van der Waals surface area contributed by atoms with Crippen LogP contribution in [0.2, 0.25) is 0 Å². The molecule has 0 radical (unpaired) electrons. The number of carbonyl (C=O) groups is 1. The zero-order valence-electron chi connectivity index (χ0n) is 9.59. The molecule has 1 saturated heterocycles. The second kappa shape index (κ2) is 5.12. The maximum Gasteiger partial charge on any atom is 0.233 e. The van der Waals surface area contributed by atoms with E-state index in [1.807, 2.05) is 23.1 Å². The van der Waals surface area contributed by atoms with Gasteiger partial charge in [-0.25, -0.2) is 0 Å². The molecule has 5 nitrogen and oxygen atoms in total. The molecule has 2 rings (SSSR count). The number of nitrogens with zero attached hydrogens (tertiary/aromatic N) is 3. The van der Waals surface area contributed by atoms with Crippen LogP contribution in [0.25, 0.3) is 0 Å². The Labute approximate surface area is 95.4 Å². The highest BCUT2D eigenvalue weighted by Gasteiger charge is 2.21. The lowest BCUT2D eigenvalue weighted by atomic mass is 10.1. The number of likely N-dealkylation sites (N-methyl/N-ethyl adjacent to an activating group) is 1. The summed E-state index contributed by atoms with van der Waals surface area (Å²) in [5, 5.41) is 6.91. The highest BCUT2D eigenvalue weighted by atomic mass is 16.1. The molecule has 2 heterocycles. The normalized spacial score (nSPS) is 18.6. The van der Waals surface area contributed by atoms with Crippen LogP contribution in [0.1, 0.15) is 18.9 Å². The predicted octanol–water partition coefficient (Wildman–Crippen LogP) is 0.266. The van der Waals surface area contributed by atoms with Crippen molar-refractivity contribution in [2.75, 3.05) is 26.7 Å². The van der Waals surface area contributed by atoms with Crippen LogP contribution >= 0.6 is 0 Å². The van der Waals surface area contributed by atoms with Crippen molar-refractivity contribution in [3.05, 3.63) is 18.5 Å². The van der Waals surface area contributed by atoms with Crippen LogP contribution < -0.4 is 5.32 Å². The van der Waals surface area contributed by atoms with E-state index >= 15 is 0 Å². The second-order valence-corrected chi connectivity index (χ2v) is 4.17. The predicted molar refractivity (Wildman–Crippen MR) is 61.0 cm³/mol. The topological polar surface area (TPSA) is 50.2 Å². The van der Waals surface area contributed by atoms with E-state index in [4.69, 9.17) is 0 Å². The minimum atomic E-state index is 0.0949. The van der Waals surface area contributed by atoms with Gasteiger partial charge < -0.3 is 5.32 Å². The van der Waals surface area contributed by atoms with Crippen LogP contribution in [0.3, 0.4) is 0 Å². The number of rotatable bonds is 3. The lowest BCUT2D eigenvalue weighted by Crippen LogP contribution is -2.41. The maximum atomic E-state index is 11.2. The molecule has 1 aromatic rings. The summed E-state index contributed by atoms with van der Waals surface area (Å²) in [4.78, 5) is 13.4. The Hall–Kier alpha value is -1.36. The maximum absolute atomic E-state index is 11.2. The van der Waals surface area contributed by atoms with Crippen molar-refractivity contribution in [1.82, 2.24) is 20.0 Å². The summed E-state index contributed by atoms with van der Waals surface area (Å²) < 4.78 is 2.03.